The van der Waals surface area contributed by atoms with Gasteiger partial charge in [0.15, 0.2) is 5.69 Å². The van der Waals surface area contributed by atoms with Crippen LogP contribution in [0.3, 0.4) is 0 Å². The molecule has 0 spiro atoms. The van der Waals surface area contributed by atoms with Gasteiger partial charge in [-0.15, -0.1) is 0 Å². The Kier molecular flexibility index (Phi) is 6.59. The molecular formula is C16H28N4O. The number of anilines is 1. The van der Waals surface area contributed by atoms with E-state index in [9.17, 15) is 4.79 Å². The van der Waals surface area contributed by atoms with Crippen molar-refractivity contribution in [3.63, 3.8) is 0 Å². The molecule has 0 saturated carbocycles. The average molecular weight is 292 g/mol. The van der Waals surface area contributed by atoms with Gasteiger partial charge in [0.2, 0.25) is 0 Å². The fraction of sp³-hybridized carbons (Fsp3) is 0.688. The van der Waals surface area contributed by atoms with Gasteiger partial charge in [-0.05, 0) is 12.8 Å². The molecule has 1 heterocycles. The van der Waals surface area contributed by atoms with Crippen LogP contribution in [-0.4, -0.2) is 29.0 Å². The van der Waals surface area contributed by atoms with Gasteiger partial charge in [-0.25, -0.2) is 9.97 Å². The summed E-state index contributed by atoms with van der Waals surface area (Å²) >= 11 is 0. The summed E-state index contributed by atoms with van der Waals surface area (Å²) in [6.07, 6.45) is 3.79. The van der Waals surface area contributed by atoms with Crippen molar-refractivity contribution in [1.82, 2.24) is 15.3 Å². The second-order valence-electron chi connectivity index (χ2n) is 5.73. The van der Waals surface area contributed by atoms with Crippen molar-refractivity contribution in [2.75, 3.05) is 12.4 Å². The molecule has 1 unspecified atom stereocenters. The summed E-state index contributed by atoms with van der Waals surface area (Å²) in [4.78, 5) is 21.2. The van der Waals surface area contributed by atoms with Crippen LogP contribution in [0, 0.1) is 5.92 Å². The second-order valence-corrected chi connectivity index (χ2v) is 5.73. The van der Waals surface area contributed by atoms with E-state index in [-0.39, 0.29) is 17.9 Å². The van der Waals surface area contributed by atoms with Crippen molar-refractivity contribution in [3.05, 3.63) is 17.7 Å². The minimum absolute atomic E-state index is 0.134. The number of nitrogens with one attached hydrogen (secondary N) is 2. The maximum absolute atomic E-state index is 12.5. The first-order valence-electron chi connectivity index (χ1n) is 7.80. The van der Waals surface area contributed by atoms with E-state index >= 15 is 0 Å². The van der Waals surface area contributed by atoms with Gasteiger partial charge in [-0.2, -0.15) is 0 Å². The van der Waals surface area contributed by atoms with Crippen LogP contribution >= 0.6 is 0 Å². The Hall–Kier alpha value is -1.65. The van der Waals surface area contributed by atoms with Crippen LogP contribution in [0.25, 0.3) is 0 Å². The summed E-state index contributed by atoms with van der Waals surface area (Å²) in [7, 11) is 1.77. The summed E-state index contributed by atoms with van der Waals surface area (Å²) in [5.41, 5.74) is 1.09. The molecule has 5 nitrogen and oxygen atoms in total. The minimum Gasteiger partial charge on any atom is -0.385 e. The van der Waals surface area contributed by atoms with Gasteiger partial charge in [0.1, 0.15) is 5.82 Å². The minimum atomic E-state index is -0.136. The highest BCUT2D eigenvalue weighted by atomic mass is 16.2. The number of hydrogen-bond donors (Lipinski definition) is 2. The molecule has 1 rings (SSSR count). The zero-order valence-corrected chi connectivity index (χ0v) is 14.0. The molecule has 21 heavy (non-hydrogen) atoms. The smallest absolute Gasteiger partial charge is 0.272 e. The third-order valence-electron chi connectivity index (χ3n) is 3.92. The van der Waals surface area contributed by atoms with E-state index in [0.29, 0.717) is 23.1 Å². The van der Waals surface area contributed by atoms with Crippen LogP contribution in [0.15, 0.2) is 6.20 Å². The molecule has 1 aromatic heterocycles. The summed E-state index contributed by atoms with van der Waals surface area (Å²) in [6.45, 7) is 10.4. The zero-order valence-electron chi connectivity index (χ0n) is 14.0. The van der Waals surface area contributed by atoms with Gasteiger partial charge in [-0.1, -0.05) is 40.5 Å². The van der Waals surface area contributed by atoms with Gasteiger partial charge in [0.05, 0.1) is 11.9 Å². The van der Waals surface area contributed by atoms with Crippen molar-refractivity contribution < 1.29 is 4.79 Å². The molecule has 0 aliphatic rings. The van der Waals surface area contributed by atoms with E-state index < -0.39 is 0 Å². The van der Waals surface area contributed by atoms with Crippen molar-refractivity contribution >= 4 is 11.6 Å². The Balaban J connectivity index is 2.97. The predicted octanol–water partition coefficient (Wildman–Crippen LogP) is 3.20. The van der Waals surface area contributed by atoms with Crippen LogP contribution in [0.2, 0.25) is 0 Å². The molecule has 0 aromatic carbocycles. The zero-order chi connectivity index (χ0) is 16.0. The number of amides is 1. The Morgan fingerprint density at radius 3 is 2.33 bits per heavy atom. The topological polar surface area (TPSA) is 66.9 Å². The summed E-state index contributed by atoms with van der Waals surface area (Å²) < 4.78 is 0. The van der Waals surface area contributed by atoms with Gasteiger partial charge in [0, 0.05) is 19.0 Å². The van der Waals surface area contributed by atoms with Crippen LogP contribution in [0.4, 0.5) is 5.69 Å². The van der Waals surface area contributed by atoms with E-state index in [1.807, 2.05) is 13.8 Å². The largest absolute Gasteiger partial charge is 0.385 e. The lowest BCUT2D eigenvalue weighted by Crippen LogP contribution is -2.38. The number of carbonyl (C=O) groups is 1. The van der Waals surface area contributed by atoms with Gasteiger partial charge >= 0.3 is 0 Å². The molecule has 0 fully saturated rings. The molecule has 1 aromatic rings. The molecule has 5 heteroatoms. The van der Waals surface area contributed by atoms with E-state index in [0.717, 1.165) is 12.8 Å². The highest BCUT2D eigenvalue weighted by molar-refractivity contribution is 5.97. The summed E-state index contributed by atoms with van der Waals surface area (Å²) in [5, 5.41) is 6.06. The highest BCUT2D eigenvalue weighted by Crippen LogP contribution is 2.17. The molecule has 0 aliphatic heterocycles. The lowest BCUT2D eigenvalue weighted by Gasteiger charge is -2.23. The van der Waals surface area contributed by atoms with Gasteiger partial charge < -0.3 is 10.6 Å². The number of carbonyl (C=O) groups excluding carboxylic acids is 1. The SMILES string of the molecule is CCC(CC)C(C)NC(=O)c1nc(C(C)C)ncc1NC. The molecule has 1 amide bonds. The van der Waals surface area contributed by atoms with E-state index in [1.54, 1.807) is 13.2 Å². The second kappa shape index (κ2) is 7.96. The Labute approximate surface area is 128 Å². The molecule has 0 radical (unpaired) electrons. The fourth-order valence-electron chi connectivity index (χ4n) is 2.42. The average Bonchev–Trinajstić information content (AvgIpc) is 2.47. The van der Waals surface area contributed by atoms with E-state index in [2.05, 4.69) is 41.4 Å². The maximum atomic E-state index is 12.5. The quantitative estimate of drug-likeness (QED) is 0.810. The Morgan fingerprint density at radius 1 is 1.24 bits per heavy atom. The molecule has 0 bridgehead atoms. The lowest BCUT2D eigenvalue weighted by molar-refractivity contribution is 0.0920. The number of nitrogens with zero attached hydrogens (tertiary/aromatic N) is 2. The first-order chi connectivity index (χ1) is 9.94. The molecule has 2 N–H and O–H groups in total. The third kappa shape index (κ3) is 4.41. The van der Waals surface area contributed by atoms with Crippen molar-refractivity contribution in [2.45, 2.75) is 59.4 Å². The van der Waals surface area contributed by atoms with Gasteiger partial charge in [0.25, 0.3) is 5.91 Å². The van der Waals surface area contributed by atoms with Crippen LogP contribution < -0.4 is 10.6 Å². The first-order valence-corrected chi connectivity index (χ1v) is 7.80. The van der Waals surface area contributed by atoms with Crippen molar-refractivity contribution in [2.24, 2.45) is 5.92 Å². The molecule has 0 aliphatic carbocycles. The predicted molar refractivity (Wildman–Crippen MR) is 86.7 cm³/mol. The molecule has 118 valence electrons. The number of hydrogen-bond acceptors (Lipinski definition) is 4. The molecular weight excluding hydrogens is 264 g/mol. The molecule has 0 saturated heterocycles. The molecule has 1 atom stereocenters. The first kappa shape index (κ1) is 17.4. The normalized spacial score (nSPS) is 12.6. The third-order valence-corrected chi connectivity index (χ3v) is 3.92. The number of rotatable bonds is 7. The summed E-state index contributed by atoms with van der Waals surface area (Å²) in [5.74, 6) is 1.23. The van der Waals surface area contributed by atoms with E-state index in [4.69, 9.17) is 0 Å². The van der Waals surface area contributed by atoms with Crippen LogP contribution in [0.1, 0.15) is 69.7 Å². The number of aromatic nitrogens is 2. The lowest BCUT2D eigenvalue weighted by atomic mass is 9.95. The highest BCUT2D eigenvalue weighted by Gasteiger charge is 2.20. The van der Waals surface area contributed by atoms with Crippen LogP contribution in [0.5, 0.6) is 0 Å². The van der Waals surface area contributed by atoms with E-state index in [1.165, 1.54) is 0 Å². The van der Waals surface area contributed by atoms with Crippen molar-refractivity contribution in [1.29, 1.82) is 0 Å². The summed E-state index contributed by atoms with van der Waals surface area (Å²) in [6, 6.07) is 0.134. The van der Waals surface area contributed by atoms with Crippen LogP contribution in [-0.2, 0) is 0 Å². The maximum Gasteiger partial charge on any atom is 0.272 e. The Morgan fingerprint density at radius 2 is 1.86 bits per heavy atom. The van der Waals surface area contributed by atoms with Crippen molar-refractivity contribution in [3.8, 4) is 0 Å². The monoisotopic (exact) mass is 292 g/mol. The fourth-order valence-corrected chi connectivity index (χ4v) is 2.42. The standard InChI is InChI=1S/C16H28N4O/c1-7-12(8-2)11(5)19-16(21)14-13(17-6)9-18-15(20-14)10(3)4/h9-12,17H,7-8H2,1-6H3,(H,19,21). The van der Waals surface area contributed by atoms with Gasteiger partial charge in [-0.3, -0.25) is 4.79 Å². The Bertz CT molecular complexity index is 469.